The average Bonchev–Trinajstić information content (AvgIpc) is 2.77. The highest BCUT2D eigenvalue weighted by molar-refractivity contribution is 5.96. The highest BCUT2D eigenvalue weighted by Gasteiger charge is 2.08. The van der Waals surface area contributed by atoms with Crippen LogP contribution in [0.5, 0.6) is 5.75 Å². The second kappa shape index (κ2) is 9.36. The number of primary amides is 1. The maximum Gasteiger partial charge on any atom is 0.267 e. The number of phenolic OH excluding ortho intramolecular Hbond substituents is 1. The fraction of sp³-hybridized carbons (Fsp3) is 0.0435. The molecule has 0 aliphatic rings. The van der Waals surface area contributed by atoms with Crippen LogP contribution in [0.2, 0.25) is 0 Å². The summed E-state index contributed by atoms with van der Waals surface area (Å²) in [4.78, 5) is 27.5. The smallest absolute Gasteiger partial charge is 0.267 e. The van der Waals surface area contributed by atoms with Crippen molar-refractivity contribution in [3.63, 3.8) is 0 Å². The van der Waals surface area contributed by atoms with Gasteiger partial charge in [0.2, 0.25) is 0 Å². The number of pyridine rings is 1. The topological polar surface area (TPSA) is 155 Å². The molecule has 0 spiro atoms. The quantitative estimate of drug-likeness (QED) is 0.296. The van der Waals surface area contributed by atoms with Gasteiger partial charge in [-0.3, -0.25) is 20.0 Å². The molecule has 1 heterocycles. The summed E-state index contributed by atoms with van der Waals surface area (Å²) >= 11 is 0. The number of aromatic hydroxyl groups is 1. The molecular weight excluding hydrogens is 394 g/mol. The summed E-state index contributed by atoms with van der Waals surface area (Å²) in [6.07, 6.45) is 4.84. The van der Waals surface area contributed by atoms with E-state index in [-0.39, 0.29) is 29.7 Å². The van der Waals surface area contributed by atoms with Crippen LogP contribution in [0.4, 0.5) is 0 Å². The van der Waals surface area contributed by atoms with Gasteiger partial charge in [-0.05, 0) is 53.6 Å². The van der Waals surface area contributed by atoms with Crippen molar-refractivity contribution in [1.29, 1.82) is 5.41 Å². The first-order valence-electron chi connectivity index (χ1n) is 9.33. The third-order valence-electron chi connectivity index (χ3n) is 4.51. The molecule has 8 heteroatoms. The van der Waals surface area contributed by atoms with Gasteiger partial charge in [0.15, 0.2) is 0 Å². The van der Waals surface area contributed by atoms with E-state index in [2.05, 4.69) is 10.3 Å². The van der Waals surface area contributed by atoms with Crippen molar-refractivity contribution in [2.75, 3.05) is 6.54 Å². The minimum atomic E-state index is -0.604. The molecule has 3 aromatic rings. The van der Waals surface area contributed by atoms with E-state index in [1.807, 2.05) is 0 Å². The Bertz CT molecular complexity index is 1170. The molecule has 31 heavy (non-hydrogen) atoms. The van der Waals surface area contributed by atoms with Crippen LogP contribution in [0.1, 0.15) is 32.0 Å². The normalized spacial score (nSPS) is 10.7. The lowest BCUT2D eigenvalue weighted by Crippen LogP contribution is -2.23. The molecule has 0 aliphatic carbocycles. The number of aromatic nitrogens is 1. The Kier molecular flexibility index (Phi) is 6.42. The molecule has 3 rings (SSSR count). The Morgan fingerprint density at radius 2 is 1.71 bits per heavy atom. The number of nitrogens with one attached hydrogen (secondary N) is 2. The van der Waals surface area contributed by atoms with Gasteiger partial charge in [-0.2, -0.15) is 0 Å². The predicted octanol–water partition coefficient (Wildman–Crippen LogP) is 2.28. The Hall–Kier alpha value is -4.46. The number of nitrogens with two attached hydrogens (primary N) is 2. The van der Waals surface area contributed by atoms with Crippen molar-refractivity contribution in [2.24, 2.45) is 11.5 Å². The zero-order chi connectivity index (χ0) is 22.4. The van der Waals surface area contributed by atoms with Gasteiger partial charge < -0.3 is 21.9 Å². The Labute approximate surface area is 178 Å². The lowest BCUT2D eigenvalue weighted by Gasteiger charge is -2.06. The Morgan fingerprint density at radius 1 is 1.00 bits per heavy atom. The SMILES string of the molecule is N=C(N)c1ccc(O)c(/C=C/CNC(=O)c2ccc(-c3ccnc(C(N)=O)c3)cc2)c1. The van der Waals surface area contributed by atoms with E-state index in [0.717, 1.165) is 11.1 Å². The largest absolute Gasteiger partial charge is 0.507 e. The van der Waals surface area contributed by atoms with Gasteiger partial charge >= 0.3 is 0 Å². The summed E-state index contributed by atoms with van der Waals surface area (Å²) in [7, 11) is 0. The van der Waals surface area contributed by atoms with Crippen LogP contribution in [0.25, 0.3) is 17.2 Å². The van der Waals surface area contributed by atoms with Gasteiger partial charge in [-0.15, -0.1) is 0 Å². The molecule has 0 saturated heterocycles. The van der Waals surface area contributed by atoms with Crippen molar-refractivity contribution in [2.45, 2.75) is 0 Å². The number of amides is 2. The lowest BCUT2D eigenvalue weighted by molar-refractivity contribution is 0.0956. The molecule has 0 unspecified atom stereocenters. The zero-order valence-corrected chi connectivity index (χ0v) is 16.5. The molecule has 1 aromatic heterocycles. The molecule has 0 aliphatic heterocycles. The van der Waals surface area contributed by atoms with Gasteiger partial charge in [-0.1, -0.05) is 24.3 Å². The molecule has 0 bridgehead atoms. The van der Waals surface area contributed by atoms with Crippen LogP contribution in [0, 0.1) is 5.41 Å². The van der Waals surface area contributed by atoms with Crippen molar-refractivity contribution in [3.05, 3.63) is 89.3 Å². The fourth-order valence-electron chi connectivity index (χ4n) is 2.85. The van der Waals surface area contributed by atoms with Crippen molar-refractivity contribution < 1.29 is 14.7 Å². The number of nitrogens with zero attached hydrogens (tertiary/aromatic N) is 1. The number of hydrogen-bond acceptors (Lipinski definition) is 5. The van der Waals surface area contributed by atoms with E-state index in [0.29, 0.717) is 16.7 Å². The minimum absolute atomic E-state index is 0.0544. The van der Waals surface area contributed by atoms with Crippen LogP contribution in [0.3, 0.4) is 0 Å². The fourth-order valence-corrected chi connectivity index (χ4v) is 2.85. The Balaban J connectivity index is 1.62. The molecule has 156 valence electrons. The molecular formula is C23H21N5O3. The number of carbonyl (C=O) groups is 2. The van der Waals surface area contributed by atoms with Gasteiger partial charge in [0.05, 0.1) is 0 Å². The van der Waals surface area contributed by atoms with Crippen molar-refractivity contribution in [1.82, 2.24) is 10.3 Å². The summed E-state index contributed by atoms with van der Waals surface area (Å²) in [6, 6.07) is 14.9. The van der Waals surface area contributed by atoms with Gasteiger partial charge in [0.25, 0.3) is 11.8 Å². The third kappa shape index (κ3) is 5.33. The number of phenols is 1. The van der Waals surface area contributed by atoms with Crippen LogP contribution in [-0.4, -0.2) is 34.3 Å². The molecule has 0 radical (unpaired) electrons. The number of amidine groups is 1. The lowest BCUT2D eigenvalue weighted by atomic mass is 10.0. The summed E-state index contributed by atoms with van der Waals surface area (Å²) in [6.45, 7) is 0.247. The molecule has 8 nitrogen and oxygen atoms in total. The number of rotatable bonds is 7. The first-order chi connectivity index (χ1) is 14.8. The first-order valence-corrected chi connectivity index (χ1v) is 9.33. The number of carbonyl (C=O) groups excluding carboxylic acids is 2. The molecule has 0 fully saturated rings. The first kappa shape index (κ1) is 21.3. The number of benzene rings is 2. The maximum atomic E-state index is 12.3. The molecule has 7 N–H and O–H groups in total. The standard InChI is InChI=1S/C23H21N5O3/c24-21(25)18-7-8-20(29)17(12-18)2-1-10-28-23(31)15-5-3-14(4-6-15)16-9-11-27-19(13-16)22(26)30/h1-9,11-13,29H,10H2,(H3,24,25)(H2,26,30)(H,28,31)/b2-1+. The Morgan fingerprint density at radius 3 is 2.39 bits per heavy atom. The van der Waals surface area contributed by atoms with Gasteiger partial charge in [-0.25, -0.2) is 0 Å². The molecule has 2 aromatic carbocycles. The van der Waals surface area contributed by atoms with E-state index >= 15 is 0 Å². The minimum Gasteiger partial charge on any atom is -0.507 e. The molecule has 0 saturated carbocycles. The maximum absolute atomic E-state index is 12.3. The van der Waals surface area contributed by atoms with E-state index in [1.54, 1.807) is 60.7 Å². The van der Waals surface area contributed by atoms with Crippen LogP contribution < -0.4 is 16.8 Å². The van der Waals surface area contributed by atoms with Crippen LogP contribution >= 0.6 is 0 Å². The second-order valence-corrected chi connectivity index (χ2v) is 6.67. The summed E-state index contributed by atoms with van der Waals surface area (Å²) in [5.41, 5.74) is 14.0. The van der Waals surface area contributed by atoms with Crippen LogP contribution in [0.15, 0.2) is 66.9 Å². The number of hydrogen-bond donors (Lipinski definition) is 5. The average molecular weight is 415 g/mol. The van der Waals surface area contributed by atoms with Crippen LogP contribution in [-0.2, 0) is 0 Å². The monoisotopic (exact) mass is 415 g/mol. The van der Waals surface area contributed by atoms with E-state index in [1.165, 1.54) is 12.3 Å². The van der Waals surface area contributed by atoms with Gasteiger partial charge in [0.1, 0.15) is 17.3 Å². The number of nitrogen functional groups attached to an aromatic ring is 1. The predicted molar refractivity (Wildman–Crippen MR) is 119 cm³/mol. The highest BCUT2D eigenvalue weighted by atomic mass is 16.3. The van der Waals surface area contributed by atoms with E-state index in [4.69, 9.17) is 16.9 Å². The third-order valence-corrected chi connectivity index (χ3v) is 4.51. The summed E-state index contributed by atoms with van der Waals surface area (Å²) in [5, 5.41) is 20.1. The van der Waals surface area contributed by atoms with E-state index in [9.17, 15) is 14.7 Å². The summed E-state index contributed by atoms with van der Waals surface area (Å²) in [5.74, 6) is -0.902. The highest BCUT2D eigenvalue weighted by Crippen LogP contribution is 2.21. The molecule has 0 atom stereocenters. The van der Waals surface area contributed by atoms with E-state index < -0.39 is 5.91 Å². The zero-order valence-electron chi connectivity index (χ0n) is 16.5. The van der Waals surface area contributed by atoms with Crippen molar-refractivity contribution in [3.8, 4) is 16.9 Å². The van der Waals surface area contributed by atoms with Gasteiger partial charge in [0, 0.05) is 29.4 Å². The molecule has 2 amide bonds. The summed E-state index contributed by atoms with van der Waals surface area (Å²) < 4.78 is 0. The van der Waals surface area contributed by atoms with Crippen molar-refractivity contribution >= 4 is 23.7 Å². The second-order valence-electron chi connectivity index (χ2n) is 6.67.